The van der Waals surface area contributed by atoms with Gasteiger partial charge in [-0.15, -0.1) is 0 Å². The van der Waals surface area contributed by atoms with Crippen LogP contribution in [0.3, 0.4) is 0 Å². The lowest BCUT2D eigenvalue weighted by atomic mass is 10.4. The number of hydrogen-bond donors (Lipinski definition) is 1. The lowest BCUT2D eigenvalue weighted by Crippen LogP contribution is -2.12. The third-order valence-electron chi connectivity index (χ3n) is 1.56. The Hall–Kier alpha value is -1.29. The number of methoxy groups -OCH3 is 1. The first-order valence-electron chi connectivity index (χ1n) is 3.68. The van der Waals surface area contributed by atoms with Crippen LogP contribution in [0.1, 0.15) is 0 Å². The van der Waals surface area contributed by atoms with Crippen molar-refractivity contribution in [2.75, 3.05) is 19.5 Å². The van der Waals surface area contributed by atoms with Gasteiger partial charge in [0.1, 0.15) is 0 Å². The number of hydrogen-bond acceptors (Lipinski definition) is 3. The van der Waals surface area contributed by atoms with Crippen LogP contribution in [-0.2, 0) is 11.3 Å². The molecule has 1 aromatic heterocycles. The van der Waals surface area contributed by atoms with Crippen LogP contribution in [0.25, 0.3) is 0 Å². The Labute approximate surface area is 70.6 Å². The zero-order valence-corrected chi connectivity index (χ0v) is 6.99. The number of nitrogen functional groups attached to an aromatic ring is 1. The second-order valence-electron chi connectivity index (χ2n) is 2.50. The molecule has 1 rings (SSSR count). The fourth-order valence-electron chi connectivity index (χ4n) is 0.881. The highest BCUT2D eigenvalue weighted by Gasteiger charge is 1.93. The maximum atomic E-state index is 10.9. The van der Waals surface area contributed by atoms with Crippen molar-refractivity contribution in [3.63, 3.8) is 0 Å². The van der Waals surface area contributed by atoms with Gasteiger partial charge in [-0.2, -0.15) is 0 Å². The fourth-order valence-corrected chi connectivity index (χ4v) is 0.881. The summed E-state index contributed by atoms with van der Waals surface area (Å²) in [6, 6.07) is 1.45. The van der Waals surface area contributed by atoms with Gasteiger partial charge in [-0.1, -0.05) is 0 Å². The molecule has 0 aliphatic rings. The normalized spacial score (nSPS) is 10.1. The summed E-state index contributed by atoms with van der Waals surface area (Å²) in [6.45, 7) is 1.32. The van der Waals surface area contributed by atoms with Crippen LogP contribution in [0.2, 0.25) is 0 Å². The predicted molar refractivity (Wildman–Crippen MR) is 47.0 cm³/mol. The molecule has 0 bridgehead atoms. The monoisotopic (exact) mass is 168 g/mol. The molecule has 1 aromatic rings. The number of aromatic nitrogens is 1. The van der Waals surface area contributed by atoms with Crippen LogP contribution in [0.4, 0.5) is 5.69 Å². The topological polar surface area (TPSA) is 57.2 Å². The molecule has 0 saturated carbocycles. The number of ether oxygens (including phenoxy) is 1. The van der Waals surface area contributed by atoms with Crippen LogP contribution in [0, 0.1) is 0 Å². The number of rotatable bonds is 3. The van der Waals surface area contributed by atoms with Crippen molar-refractivity contribution in [1.82, 2.24) is 4.57 Å². The van der Waals surface area contributed by atoms with Gasteiger partial charge in [-0.25, -0.2) is 0 Å². The molecule has 4 heteroatoms. The number of anilines is 1. The van der Waals surface area contributed by atoms with Gasteiger partial charge in [0.15, 0.2) is 0 Å². The van der Waals surface area contributed by atoms with Gasteiger partial charge in [0.25, 0.3) is 0 Å². The molecule has 1 heterocycles. The summed E-state index contributed by atoms with van der Waals surface area (Å²) in [5.74, 6) is 0. The number of pyridine rings is 1. The van der Waals surface area contributed by atoms with E-state index < -0.39 is 0 Å². The summed E-state index contributed by atoms with van der Waals surface area (Å²) >= 11 is 0. The standard InChI is InChI=1S/C8H12N2O2/c1-12-5-4-10-3-2-8(11)7(9)6-10/h2-3,6H,4-5,9H2,1H3. The van der Waals surface area contributed by atoms with Crippen LogP contribution < -0.4 is 11.2 Å². The van der Waals surface area contributed by atoms with E-state index in [2.05, 4.69) is 0 Å². The van der Waals surface area contributed by atoms with Gasteiger partial charge in [0.2, 0.25) is 5.43 Å². The molecule has 0 radical (unpaired) electrons. The lowest BCUT2D eigenvalue weighted by molar-refractivity contribution is 0.187. The van der Waals surface area contributed by atoms with Crippen molar-refractivity contribution in [2.45, 2.75) is 6.54 Å². The Kier molecular flexibility index (Phi) is 2.88. The summed E-state index contributed by atoms with van der Waals surface area (Å²) in [6.07, 6.45) is 3.30. The van der Waals surface area contributed by atoms with E-state index in [1.807, 2.05) is 4.57 Å². The molecule has 0 aliphatic heterocycles. The van der Waals surface area contributed by atoms with Crippen molar-refractivity contribution >= 4 is 5.69 Å². The van der Waals surface area contributed by atoms with E-state index in [1.54, 1.807) is 19.5 Å². The minimum absolute atomic E-state index is 0.135. The first-order valence-corrected chi connectivity index (χ1v) is 3.68. The highest BCUT2D eigenvalue weighted by molar-refractivity contribution is 5.33. The molecule has 0 unspecified atom stereocenters. The summed E-state index contributed by atoms with van der Waals surface area (Å²) in [5.41, 5.74) is 5.55. The molecule has 12 heavy (non-hydrogen) atoms. The van der Waals surface area contributed by atoms with Crippen molar-refractivity contribution < 1.29 is 4.74 Å². The first-order chi connectivity index (χ1) is 5.74. The maximum Gasteiger partial charge on any atom is 0.204 e. The smallest absolute Gasteiger partial charge is 0.204 e. The Balaban J connectivity index is 2.75. The average molecular weight is 168 g/mol. The Bertz CT molecular complexity index is 306. The SMILES string of the molecule is COCCn1ccc(=O)c(N)c1. The van der Waals surface area contributed by atoms with Gasteiger partial charge in [-0.05, 0) is 0 Å². The Morgan fingerprint density at radius 3 is 3.00 bits per heavy atom. The Morgan fingerprint density at radius 1 is 1.67 bits per heavy atom. The van der Waals surface area contributed by atoms with Crippen molar-refractivity contribution in [3.8, 4) is 0 Å². The van der Waals surface area contributed by atoms with Crippen LogP contribution in [0.5, 0.6) is 0 Å². The largest absolute Gasteiger partial charge is 0.394 e. The average Bonchev–Trinajstić information content (AvgIpc) is 2.07. The first kappa shape index (κ1) is 8.80. The van der Waals surface area contributed by atoms with Crippen LogP contribution in [-0.4, -0.2) is 18.3 Å². The molecule has 0 aromatic carbocycles. The van der Waals surface area contributed by atoms with Gasteiger partial charge >= 0.3 is 0 Å². The van der Waals surface area contributed by atoms with E-state index in [-0.39, 0.29) is 11.1 Å². The van der Waals surface area contributed by atoms with Gasteiger partial charge in [-0.3, -0.25) is 4.79 Å². The van der Waals surface area contributed by atoms with E-state index in [4.69, 9.17) is 10.5 Å². The van der Waals surface area contributed by atoms with Crippen molar-refractivity contribution in [1.29, 1.82) is 0 Å². The van der Waals surface area contributed by atoms with Crippen molar-refractivity contribution in [2.24, 2.45) is 0 Å². The maximum absolute atomic E-state index is 10.9. The molecule has 0 saturated heterocycles. The lowest BCUT2D eigenvalue weighted by Gasteiger charge is -2.04. The third-order valence-corrected chi connectivity index (χ3v) is 1.56. The molecule has 0 atom stereocenters. The van der Waals surface area contributed by atoms with Gasteiger partial charge in [0, 0.05) is 32.1 Å². The van der Waals surface area contributed by atoms with E-state index >= 15 is 0 Å². The minimum Gasteiger partial charge on any atom is -0.394 e. The summed E-state index contributed by atoms with van der Waals surface area (Å²) in [5, 5.41) is 0. The van der Waals surface area contributed by atoms with E-state index in [0.29, 0.717) is 13.2 Å². The molecule has 0 spiro atoms. The molecule has 2 N–H and O–H groups in total. The second kappa shape index (κ2) is 3.92. The molecule has 0 amide bonds. The molecule has 4 nitrogen and oxygen atoms in total. The molecule has 0 fully saturated rings. The molecule has 0 aliphatic carbocycles. The highest BCUT2D eigenvalue weighted by Crippen LogP contribution is 1.92. The second-order valence-corrected chi connectivity index (χ2v) is 2.50. The summed E-state index contributed by atoms with van der Waals surface area (Å²) in [7, 11) is 1.63. The minimum atomic E-state index is -0.135. The van der Waals surface area contributed by atoms with E-state index in [0.717, 1.165) is 0 Å². The number of nitrogens with two attached hydrogens (primary N) is 1. The third kappa shape index (κ3) is 2.10. The molecular weight excluding hydrogens is 156 g/mol. The van der Waals surface area contributed by atoms with Gasteiger partial charge < -0.3 is 15.0 Å². The van der Waals surface area contributed by atoms with Crippen LogP contribution >= 0.6 is 0 Å². The predicted octanol–water partition coefficient (Wildman–Crippen LogP) is 0.0769. The summed E-state index contributed by atoms with van der Waals surface area (Å²) < 4.78 is 6.70. The Morgan fingerprint density at radius 2 is 2.42 bits per heavy atom. The fraction of sp³-hybridized carbons (Fsp3) is 0.375. The van der Waals surface area contributed by atoms with Gasteiger partial charge in [0.05, 0.1) is 12.3 Å². The summed E-state index contributed by atoms with van der Waals surface area (Å²) in [4.78, 5) is 10.9. The number of nitrogens with zero attached hydrogens (tertiary/aromatic N) is 1. The van der Waals surface area contributed by atoms with Crippen molar-refractivity contribution in [3.05, 3.63) is 28.7 Å². The molecule has 66 valence electrons. The van der Waals surface area contributed by atoms with E-state index in [1.165, 1.54) is 6.07 Å². The quantitative estimate of drug-likeness (QED) is 0.695. The van der Waals surface area contributed by atoms with E-state index in [9.17, 15) is 4.79 Å². The zero-order chi connectivity index (χ0) is 8.97. The highest BCUT2D eigenvalue weighted by atomic mass is 16.5. The van der Waals surface area contributed by atoms with Crippen LogP contribution in [0.15, 0.2) is 23.3 Å². The zero-order valence-electron chi connectivity index (χ0n) is 6.99. The molecular formula is C8H12N2O2.